The summed E-state index contributed by atoms with van der Waals surface area (Å²) < 4.78 is 12.0. The summed E-state index contributed by atoms with van der Waals surface area (Å²) in [6, 6.07) is 0. The zero-order chi connectivity index (χ0) is 36.8. The maximum atomic E-state index is 12.0. The fourth-order valence-corrected chi connectivity index (χ4v) is 1.90. The molecule has 0 radical (unpaired) electrons. The minimum absolute atomic E-state index is 0.0816. The first-order valence-corrected chi connectivity index (χ1v) is 16.8. The lowest BCUT2D eigenvalue weighted by atomic mass is 10.0. The number of terminal acetylenes is 1. The summed E-state index contributed by atoms with van der Waals surface area (Å²) in [5, 5.41) is 3.00. The number of hydrogen-bond acceptors (Lipinski definition) is 2. The van der Waals surface area contributed by atoms with Crippen LogP contribution in [0.5, 0.6) is 0 Å². The van der Waals surface area contributed by atoms with Crippen LogP contribution in [0, 0.1) is 18.8 Å². The first-order chi connectivity index (χ1) is 19.6. The first kappa shape index (κ1) is 67.8. The maximum Gasteiger partial charge on any atom is 0.116 e. The summed E-state index contributed by atoms with van der Waals surface area (Å²) in [5.41, 5.74) is 2.87. The van der Waals surface area contributed by atoms with E-state index in [1.807, 2.05) is 83.1 Å². The number of hydrogen-bond donors (Lipinski definition) is 2. The van der Waals surface area contributed by atoms with Crippen molar-refractivity contribution >= 4 is 12.6 Å². The molecule has 1 N–H and O–H groups in total. The van der Waals surface area contributed by atoms with Crippen molar-refractivity contribution in [3.05, 3.63) is 61.1 Å². The van der Waals surface area contributed by atoms with Crippen molar-refractivity contribution in [3.63, 3.8) is 0 Å². The molecule has 0 heterocycles. The molecule has 1 nitrogen and oxygen atoms in total. The largest absolute Gasteiger partial charge is 0.378 e. The zero-order valence-corrected chi connectivity index (χ0v) is 33.7. The van der Waals surface area contributed by atoms with Crippen molar-refractivity contribution in [1.29, 1.82) is 0 Å². The molecule has 0 saturated carbocycles. The fraction of sp³-hybridized carbons (Fsp3) is 0.692. The Morgan fingerprint density at radius 3 is 1.17 bits per heavy atom. The standard InChI is InChI=1S/C8H11F.C8H18.C6H13NS.C4H8.C3H8.4C2H6.C2H2/c1-6(2)7(3)5-8(4)9;1-4-6-8(3)7-5-2;1-4-6(3,8)7-5-2;1-4(2)3;1-3-2;5*1-2/h5H,1,4H2,2-3H3;8H,4-7H2,1-3H3;5,7-8H,2,4H2,1,3H3;1H2,2-3H3;3H2,1-2H3;4*1-2H3;1-2H/b7-5-;;;;;;;;;. The lowest BCUT2D eigenvalue weighted by molar-refractivity contribution is 0.480. The summed E-state index contributed by atoms with van der Waals surface area (Å²) in [4.78, 5) is -0.0816. The van der Waals surface area contributed by atoms with E-state index in [9.17, 15) is 4.39 Å². The fourth-order valence-electron chi connectivity index (χ4n) is 1.81. The third kappa shape index (κ3) is 143. The Morgan fingerprint density at radius 1 is 0.810 bits per heavy atom. The molecule has 0 spiro atoms. The minimum Gasteiger partial charge on any atom is -0.378 e. The van der Waals surface area contributed by atoms with Crippen molar-refractivity contribution in [1.82, 2.24) is 5.32 Å². The molecule has 0 aromatic rings. The van der Waals surface area contributed by atoms with E-state index in [1.165, 1.54) is 43.8 Å². The van der Waals surface area contributed by atoms with Gasteiger partial charge in [-0.2, -0.15) is 12.6 Å². The average Bonchev–Trinajstić information content (AvgIpc) is 2.95. The molecule has 0 amide bonds. The van der Waals surface area contributed by atoms with Crippen molar-refractivity contribution in [2.75, 3.05) is 0 Å². The predicted octanol–water partition coefficient (Wildman–Crippen LogP) is 15.3. The van der Waals surface area contributed by atoms with Gasteiger partial charge in [0.1, 0.15) is 5.83 Å². The number of nitrogens with one attached hydrogen (secondary N) is 1. The highest BCUT2D eigenvalue weighted by Gasteiger charge is 2.11. The van der Waals surface area contributed by atoms with Crippen molar-refractivity contribution in [2.45, 2.75) is 175 Å². The number of thiol groups is 1. The quantitative estimate of drug-likeness (QED) is 0.0862. The van der Waals surface area contributed by atoms with E-state index in [-0.39, 0.29) is 4.87 Å². The number of rotatable bonds is 9. The molecule has 42 heavy (non-hydrogen) atoms. The Balaban J connectivity index is -0.0000000364. The van der Waals surface area contributed by atoms with Crippen LogP contribution in [0.1, 0.15) is 170 Å². The molecule has 0 aromatic carbocycles. The van der Waals surface area contributed by atoms with Gasteiger partial charge in [0, 0.05) is 0 Å². The van der Waals surface area contributed by atoms with Crippen molar-refractivity contribution < 1.29 is 4.39 Å². The SMILES string of the molecule is C#C.C=C(C)C.C=C(F)/C=C(/C)C(=C)C.C=CNC(C)(S)CC.CC.CC.CC.CC.CCC.CCCC(C)CCC. The molecular formula is C39H84FNS. The van der Waals surface area contributed by atoms with Crippen LogP contribution in [0.3, 0.4) is 0 Å². The molecule has 0 bridgehead atoms. The van der Waals surface area contributed by atoms with Crippen LogP contribution in [0.2, 0.25) is 0 Å². The summed E-state index contributed by atoms with van der Waals surface area (Å²) in [7, 11) is 0. The Kier molecular flexibility index (Phi) is 116. The lowest BCUT2D eigenvalue weighted by Gasteiger charge is -2.21. The molecular weight excluding hydrogens is 534 g/mol. The smallest absolute Gasteiger partial charge is 0.116 e. The van der Waals surface area contributed by atoms with Crippen LogP contribution >= 0.6 is 12.6 Å². The maximum absolute atomic E-state index is 12.0. The average molecular weight is 618 g/mol. The highest BCUT2D eigenvalue weighted by atomic mass is 32.1. The molecule has 0 aliphatic heterocycles. The van der Waals surface area contributed by atoms with Gasteiger partial charge in [0.05, 0.1) is 4.87 Å². The second-order valence-electron chi connectivity index (χ2n) is 8.63. The van der Waals surface area contributed by atoms with E-state index < -0.39 is 5.83 Å². The van der Waals surface area contributed by atoms with Gasteiger partial charge in [0.2, 0.25) is 0 Å². The highest BCUT2D eigenvalue weighted by Crippen LogP contribution is 2.12. The van der Waals surface area contributed by atoms with E-state index in [4.69, 9.17) is 0 Å². The van der Waals surface area contributed by atoms with Gasteiger partial charge in [-0.3, -0.25) is 0 Å². The number of halogens is 1. The number of allylic oxidation sites excluding steroid dienone is 5. The van der Waals surface area contributed by atoms with E-state index in [0.29, 0.717) is 0 Å². The molecule has 0 aliphatic carbocycles. The van der Waals surface area contributed by atoms with Crippen LogP contribution < -0.4 is 5.32 Å². The Labute approximate surface area is 276 Å². The molecule has 1 atom stereocenters. The van der Waals surface area contributed by atoms with Crippen molar-refractivity contribution in [3.8, 4) is 12.8 Å². The second-order valence-corrected chi connectivity index (χ2v) is 9.61. The molecule has 0 fully saturated rings. The van der Waals surface area contributed by atoms with Crippen molar-refractivity contribution in [2.24, 2.45) is 5.92 Å². The van der Waals surface area contributed by atoms with Gasteiger partial charge in [-0.1, -0.05) is 160 Å². The first-order valence-electron chi connectivity index (χ1n) is 16.4. The van der Waals surface area contributed by atoms with Gasteiger partial charge in [0.15, 0.2) is 0 Å². The summed E-state index contributed by atoms with van der Waals surface area (Å²) in [6.45, 7) is 52.6. The van der Waals surface area contributed by atoms with Crippen LogP contribution in [-0.2, 0) is 0 Å². The third-order valence-corrected chi connectivity index (χ3v) is 4.16. The zero-order valence-electron chi connectivity index (χ0n) is 32.8. The third-order valence-electron chi connectivity index (χ3n) is 3.71. The Hall–Kier alpha value is -1.66. The normalized spacial score (nSPS) is 9.29. The van der Waals surface area contributed by atoms with E-state index in [2.05, 4.69) is 98.7 Å². The van der Waals surface area contributed by atoms with Crippen LogP contribution in [-0.4, -0.2) is 4.87 Å². The molecule has 258 valence electrons. The Morgan fingerprint density at radius 2 is 1.07 bits per heavy atom. The van der Waals surface area contributed by atoms with Crippen LogP contribution in [0.4, 0.5) is 4.39 Å². The van der Waals surface area contributed by atoms with Gasteiger partial charge < -0.3 is 5.32 Å². The predicted molar refractivity (Wildman–Crippen MR) is 211 cm³/mol. The monoisotopic (exact) mass is 618 g/mol. The molecule has 0 aliphatic rings. The summed E-state index contributed by atoms with van der Waals surface area (Å²) in [6.07, 6.45) is 18.8. The summed E-state index contributed by atoms with van der Waals surface area (Å²) >= 11 is 4.28. The molecule has 0 aromatic heterocycles. The highest BCUT2D eigenvalue weighted by molar-refractivity contribution is 7.81. The lowest BCUT2D eigenvalue weighted by Crippen LogP contribution is -2.31. The molecule has 1 unspecified atom stereocenters. The van der Waals surface area contributed by atoms with Gasteiger partial charge in [-0.05, 0) is 64.8 Å². The molecule has 3 heteroatoms. The van der Waals surface area contributed by atoms with Gasteiger partial charge >= 0.3 is 0 Å². The second kappa shape index (κ2) is 72.0. The summed E-state index contributed by atoms with van der Waals surface area (Å²) in [5.74, 6) is 0.542. The van der Waals surface area contributed by atoms with Gasteiger partial charge in [-0.25, -0.2) is 4.39 Å². The molecule has 0 rings (SSSR count). The van der Waals surface area contributed by atoms with E-state index >= 15 is 0 Å². The van der Waals surface area contributed by atoms with Gasteiger partial charge in [-0.15, -0.1) is 19.4 Å². The van der Waals surface area contributed by atoms with E-state index in [0.717, 1.165) is 23.5 Å². The van der Waals surface area contributed by atoms with Gasteiger partial charge in [0.25, 0.3) is 0 Å². The van der Waals surface area contributed by atoms with Crippen LogP contribution in [0.15, 0.2) is 61.1 Å². The van der Waals surface area contributed by atoms with Crippen LogP contribution in [0.25, 0.3) is 0 Å². The Bertz CT molecular complexity index is 518. The topological polar surface area (TPSA) is 12.0 Å². The van der Waals surface area contributed by atoms with E-state index in [1.54, 1.807) is 13.1 Å². The minimum atomic E-state index is -0.421. The molecule has 0 saturated heterocycles.